The summed E-state index contributed by atoms with van der Waals surface area (Å²) in [5, 5.41) is 0. The Hall–Kier alpha value is -1.16. The Morgan fingerprint density at radius 2 is 1.57 bits per heavy atom. The summed E-state index contributed by atoms with van der Waals surface area (Å²) >= 11 is 0. The zero-order valence-corrected chi connectivity index (χ0v) is 18.0. The molecule has 154 valence electrons. The number of ether oxygens (including phenoxy) is 2. The van der Waals surface area contributed by atoms with E-state index in [1.54, 1.807) is 0 Å². The van der Waals surface area contributed by atoms with Crippen molar-refractivity contribution in [1.82, 2.24) is 0 Å². The molecule has 1 heterocycles. The number of carbonyl (C=O) groups excluding carboxylic acids is 1. The van der Waals surface area contributed by atoms with E-state index in [1.165, 1.54) is 67.8 Å². The lowest BCUT2D eigenvalue weighted by molar-refractivity contribution is -0.204. The molecule has 0 N–H and O–H groups in total. The van der Waals surface area contributed by atoms with Crippen LogP contribution in [-0.2, 0) is 9.53 Å². The fraction of sp³-hybridized carbons (Fsp3) is 0.708. The highest BCUT2D eigenvalue weighted by Crippen LogP contribution is 2.59. The van der Waals surface area contributed by atoms with Crippen LogP contribution in [0.15, 0.2) is 29.2 Å². The van der Waals surface area contributed by atoms with Crippen LogP contribution in [0.4, 0.5) is 0 Å². The van der Waals surface area contributed by atoms with E-state index < -0.39 is 0 Å². The Balaban J connectivity index is 1.15. The van der Waals surface area contributed by atoms with E-state index in [0.29, 0.717) is 11.8 Å². The van der Waals surface area contributed by atoms with Crippen LogP contribution in [0, 0.1) is 23.7 Å². The van der Waals surface area contributed by atoms with E-state index in [1.807, 2.05) is 12.1 Å². The Labute approximate surface area is 171 Å². The first-order valence-corrected chi connectivity index (χ1v) is 13.0. The number of hydrogen-bond acceptors (Lipinski definition) is 3. The Morgan fingerprint density at radius 1 is 0.964 bits per heavy atom. The number of hydrogen-bond donors (Lipinski definition) is 1. The van der Waals surface area contributed by atoms with Crippen molar-refractivity contribution in [3.8, 4) is 5.75 Å². The fourth-order valence-electron chi connectivity index (χ4n) is 6.61. The molecule has 1 aliphatic heterocycles. The molecule has 0 aromatic heterocycles. The fourth-order valence-corrected chi connectivity index (χ4v) is 9.13. The third-order valence-electron chi connectivity index (χ3n) is 8.01. The second-order valence-electron chi connectivity index (χ2n) is 9.79. The van der Waals surface area contributed by atoms with Crippen molar-refractivity contribution in [3.63, 3.8) is 0 Å². The molecule has 4 aliphatic carbocycles. The minimum Gasteiger partial charge on any atom is -0.482 e. The Bertz CT molecular complexity index is 679. The first-order valence-electron chi connectivity index (χ1n) is 11.3. The molecule has 4 saturated carbocycles. The summed E-state index contributed by atoms with van der Waals surface area (Å²) in [6.07, 6.45) is 10.6. The van der Waals surface area contributed by atoms with Crippen LogP contribution in [-0.4, -0.2) is 29.7 Å². The molecule has 1 saturated heterocycles. The Kier molecular flexibility index (Phi) is 5.11. The average Bonchev–Trinajstić information content (AvgIpc) is 2.71. The number of carbonyl (C=O) groups is 1. The van der Waals surface area contributed by atoms with Crippen molar-refractivity contribution in [1.29, 1.82) is 0 Å². The topological polar surface area (TPSA) is 35.5 Å². The van der Waals surface area contributed by atoms with E-state index >= 15 is 0 Å². The molecule has 6 rings (SSSR count). The highest BCUT2D eigenvalue weighted by Gasteiger charge is 2.57. The molecular weight excluding hydrogens is 368 g/mol. The van der Waals surface area contributed by atoms with E-state index in [9.17, 15) is 4.79 Å². The number of esters is 1. The minimum absolute atomic E-state index is 0.0238. The van der Waals surface area contributed by atoms with Gasteiger partial charge in [0.25, 0.3) is 0 Å². The van der Waals surface area contributed by atoms with Gasteiger partial charge in [0.2, 0.25) is 0 Å². The molecule has 0 radical (unpaired) electrons. The summed E-state index contributed by atoms with van der Waals surface area (Å²) in [5.74, 6) is 6.20. The maximum Gasteiger partial charge on any atom is 0.344 e. The molecule has 0 spiro atoms. The molecule has 0 unspecified atom stereocenters. The summed E-state index contributed by atoms with van der Waals surface area (Å²) in [5.41, 5.74) is -0.263. The van der Waals surface area contributed by atoms with Gasteiger partial charge in [-0.2, -0.15) is 0 Å². The van der Waals surface area contributed by atoms with E-state index in [2.05, 4.69) is 19.1 Å². The van der Waals surface area contributed by atoms with Crippen LogP contribution in [0.1, 0.15) is 58.3 Å². The summed E-state index contributed by atoms with van der Waals surface area (Å²) in [6.45, 7) is 2.22. The predicted molar refractivity (Wildman–Crippen MR) is 114 cm³/mol. The van der Waals surface area contributed by atoms with Crippen LogP contribution in [0.3, 0.4) is 0 Å². The molecule has 1 aromatic rings. The van der Waals surface area contributed by atoms with Crippen molar-refractivity contribution in [2.24, 2.45) is 23.7 Å². The lowest BCUT2D eigenvalue weighted by Gasteiger charge is -2.59. The van der Waals surface area contributed by atoms with Crippen LogP contribution >= 0.6 is 10.9 Å². The Morgan fingerprint density at radius 3 is 2.18 bits per heavy atom. The maximum absolute atomic E-state index is 12.6. The highest BCUT2D eigenvalue weighted by atomic mass is 32.2. The van der Waals surface area contributed by atoms with Crippen LogP contribution in [0.2, 0.25) is 0 Å². The summed E-state index contributed by atoms with van der Waals surface area (Å²) in [6, 6.07) is 8.47. The van der Waals surface area contributed by atoms with Gasteiger partial charge in [0, 0.05) is 0 Å². The van der Waals surface area contributed by atoms with Gasteiger partial charge in [-0.1, -0.05) is 6.42 Å². The normalized spacial score (nSPS) is 37.7. The SMILES string of the molecule is CC1(OC(=O)COc2ccc([SH]3CCCCC3)cc2)C2CC3CC(C2)CC1C3. The monoisotopic (exact) mass is 402 g/mol. The summed E-state index contributed by atoms with van der Waals surface area (Å²) in [7, 11) is 0.0273. The van der Waals surface area contributed by atoms with Crippen molar-refractivity contribution in [2.45, 2.75) is 68.8 Å². The second-order valence-corrected chi connectivity index (χ2v) is 12.3. The first-order chi connectivity index (χ1) is 13.6. The van der Waals surface area contributed by atoms with Gasteiger partial charge in [-0.15, -0.1) is 0 Å². The highest BCUT2D eigenvalue weighted by molar-refractivity contribution is 8.17. The maximum atomic E-state index is 12.6. The lowest BCUT2D eigenvalue weighted by atomic mass is 9.50. The zero-order valence-electron chi connectivity index (χ0n) is 17.1. The molecule has 4 bridgehead atoms. The van der Waals surface area contributed by atoms with Gasteiger partial charge in [-0.25, -0.2) is 15.7 Å². The van der Waals surface area contributed by atoms with Gasteiger partial charge in [0.1, 0.15) is 11.4 Å². The van der Waals surface area contributed by atoms with Gasteiger partial charge in [0.05, 0.1) is 0 Å². The van der Waals surface area contributed by atoms with E-state index in [-0.39, 0.29) is 29.1 Å². The molecule has 0 atom stereocenters. The van der Waals surface area contributed by atoms with Gasteiger partial charge in [-0.3, -0.25) is 0 Å². The first kappa shape index (κ1) is 18.8. The van der Waals surface area contributed by atoms with Crippen molar-refractivity contribution in [3.05, 3.63) is 24.3 Å². The van der Waals surface area contributed by atoms with Gasteiger partial charge >= 0.3 is 5.97 Å². The minimum atomic E-state index is -0.263. The van der Waals surface area contributed by atoms with Crippen molar-refractivity contribution < 1.29 is 14.3 Å². The average molecular weight is 403 g/mol. The van der Waals surface area contributed by atoms with Crippen LogP contribution in [0.5, 0.6) is 5.75 Å². The number of thiol groups is 1. The second kappa shape index (κ2) is 7.59. The molecule has 0 amide bonds. The number of rotatable bonds is 5. The smallest absolute Gasteiger partial charge is 0.344 e. The van der Waals surface area contributed by atoms with Crippen molar-refractivity contribution in [2.75, 3.05) is 18.1 Å². The third-order valence-corrected chi connectivity index (χ3v) is 10.7. The molecule has 3 nitrogen and oxygen atoms in total. The largest absolute Gasteiger partial charge is 0.482 e. The third kappa shape index (κ3) is 3.58. The molecule has 28 heavy (non-hydrogen) atoms. The van der Waals surface area contributed by atoms with Gasteiger partial charge in [0.15, 0.2) is 6.61 Å². The van der Waals surface area contributed by atoms with Crippen molar-refractivity contribution >= 4 is 16.9 Å². The molecule has 1 aromatic carbocycles. The molecule has 5 aliphatic rings. The van der Waals surface area contributed by atoms with Crippen LogP contribution < -0.4 is 4.74 Å². The van der Waals surface area contributed by atoms with E-state index in [4.69, 9.17) is 9.47 Å². The molecule has 5 fully saturated rings. The lowest BCUT2D eigenvalue weighted by Crippen LogP contribution is -2.58. The quantitative estimate of drug-likeness (QED) is 0.531. The summed E-state index contributed by atoms with van der Waals surface area (Å²) < 4.78 is 11.9. The standard InChI is InChI=1S/C24H34O3S/c1-24(19-12-17-11-18(14-19)15-20(24)13-17)27-23(25)16-26-21-5-7-22(8-6-21)28-9-3-2-4-10-28/h5-8,17-20,28H,2-4,9-16H2,1H3. The predicted octanol–water partition coefficient (Wildman–Crippen LogP) is 5.37. The van der Waals surface area contributed by atoms with Crippen LogP contribution in [0.25, 0.3) is 0 Å². The van der Waals surface area contributed by atoms with Gasteiger partial charge < -0.3 is 9.47 Å². The van der Waals surface area contributed by atoms with E-state index in [0.717, 1.165) is 17.6 Å². The molecule has 4 heteroatoms. The summed E-state index contributed by atoms with van der Waals surface area (Å²) in [4.78, 5) is 14.1. The zero-order chi connectivity index (χ0) is 19.1. The van der Waals surface area contributed by atoms with Gasteiger partial charge in [-0.05, 0) is 116 Å². The number of benzene rings is 1. The molecular formula is C24H34O3S.